The highest BCUT2D eigenvalue weighted by molar-refractivity contribution is 7.80. The molecule has 3 aromatic rings. The van der Waals surface area contributed by atoms with Crippen molar-refractivity contribution in [1.29, 1.82) is 0 Å². The van der Waals surface area contributed by atoms with Gasteiger partial charge in [-0.3, -0.25) is 4.79 Å². The fourth-order valence-corrected chi connectivity index (χ4v) is 3.74. The SMILES string of the molecule is CC(=O)c1ccc(NC(=S)/N=c2\c3ccccc3nc3n2CCCCC3)cc1. The minimum atomic E-state index is 0.0427. The molecule has 1 aliphatic heterocycles. The molecule has 4 rings (SSSR count). The predicted molar refractivity (Wildman–Crippen MR) is 116 cm³/mol. The van der Waals surface area contributed by atoms with E-state index in [-0.39, 0.29) is 5.78 Å². The van der Waals surface area contributed by atoms with E-state index in [4.69, 9.17) is 22.2 Å². The van der Waals surface area contributed by atoms with E-state index in [1.807, 2.05) is 36.4 Å². The number of aryl methyl sites for hydroxylation is 1. The number of carbonyl (C=O) groups is 1. The van der Waals surface area contributed by atoms with Crippen molar-refractivity contribution in [1.82, 2.24) is 9.55 Å². The number of carbonyl (C=O) groups excluding carboxylic acids is 1. The predicted octanol–water partition coefficient (Wildman–Crippen LogP) is 4.26. The number of aromatic nitrogens is 2. The first-order chi connectivity index (χ1) is 13.6. The second-order valence-electron chi connectivity index (χ2n) is 7.01. The molecule has 2 heterocycles. The number of para-hydroxylation sites is 1. The van der Waals surface area contributed by atoms with Crippen LogP contribution in [0, 0.1) is 0 Å². The molecule has 0 spiro atoms. The minimum Gasteiger partial charge on any atom is -0.331 e. The molecule has 28 heavy (non-hydrogen) atoms. The molecule has 1 aliphatic rings. The van der Waals surface area contributed by atoms with Crippen LogP contribution in [0.3, 0.4) is 0 Å². The third kappa shape index (κ3) is 3.87. The van der Waals surface area contributed by atoms with E-state index in [9.17, 15) is 4.79 Å². The van der Waals surface area contributed by atoms with Gasteiger partial charge < -0.3 is 9.88 Å². The minimum absolute atomic E-state index is 0.0427. The van der Waals surface area contributed by atoms with Crippen molar-refractivity contribution in [2.45, 2.75) is 39.2 Å². The van der Waals surface area contributed by atoms with Gasteiger partial charge in [-0.2, -0.15) is 0 Å². The zero-order chi connectivity index (χ0) is 19.5. The van der Waals surface area contributed by atoms with Crippen molar-refractivity contribution in [2.24, 2.45) is 4.99 Å². The topological polar surface area (TPSA) is 59.3 Å². The van der Waals surface area contributed by atoms with Crippen LogP contribution in [0.5, 0.6) is 0 Å². The Labute approximate surface area is 169 Å². The molecule has 0 aliphatic carbocycles. The van der Waals surface area contributed by atoms with Crippen LogP contribution in [-0.4, -0.2) is 20.4 Å². The van der Waals surface area contributed by atoms with Gasteiger partial charge in [0.15, 0.2) is 10.9 Å². The average Bonchev–Trinajstić information content (AvgIpc) is 2.93. The van der Waals surface area contributed by atoms with E-state index >= 15 is 0 Å². The van der Waals surface area contributed by atoms with Crippen molar-refractivity contribution in [3.63, 3.8) is 0 Å². The maximum Gasteiger partial charge on any atom is 0.199 e. The highest BCUT2D eigenvalue weighted by Crippen LogP contribution is 2.15. The third-order valence-corrected chi connectivity index (χ3v) is 5.19. The lowest BCUT2D eigenvalue weighted by Crippen LogP contribution is -2.28. The summed E-state index contributed by atoms with van der Waals surface area (Å²) in [5.41, 5.74) is 3.30. The van der Waals surface area contributed by atoms with Gasteiger partial charge >= 0.3 is 0 Å². The third-order valence-electron chi connectivity index (χ3n) is 4.99. The van der Waals surface area contributed by atoms with Crippen LogP contribution >= 0.6 is 12.2 Å². The van der Waals surface area contributed by atoms with Crippen molar-refractivity contribution in [3.8, 4) is 0 Å². The van der Waals surface area contributed by atoms with E-state index in [1.54, 1.807) is 19.1 Å². The monoisotopic (exact) mass is 390 g/mol. The Kier molecular flexibility index (Phi) is 5.30. The summed E-state index contributed by atoms with van der Waals surface area (Å²) in [4.78, 5) is 21.1. The Balaban J connectivity index is 1.74. The second-order valence-corrected chi connectivity index (χ2v) is 7.39. The molecular weight excluding hydrogens is 368 g/mol. The summed E-state index contributed by atoms with van der Waals surface area (Å²) in [5, 5.41) is 4.56. The van der Waals surface area contributed by atoms with Crippen LogP contribution in [0.4, 0.5) is 5.69 Å². The highest BCUT2D eigenvalue weighted by atomic mass is 32.1. The lowest BCUT2D eigenvalue weighted by atomic mass is 10.1. The van der Waals surface area contributed by atoms with Crippen LogP contribution in [0.15, 0.2) is 53.5 Å². The molecular formula is C22H22N4OS. The maximum atomic E-state index is 11.4. The van der Waals surface area contributed by atoms with Crippen molar-refractivity contribution >= 4 is 39.7 Å². The van der Waals surface area contributed by atoms with Gasteiger partial charge in [-0.15, -0.1) is 0 Å². The molecule has 142 valence electrons. The molecule has 0 radical (unpaired) electrons. The molecule has 0 bridgehead atoms. The van der Waals surface area contributed by atoms with Crippen molar-refractivity contribution in [2.75, 3.05) is 5.32 Å². The summed E-state index contributed by atoms with van der Waals surface area (Å²) in [6.45, 7) is 2.46. The van der Waals surface area contributed by atoms with Crippen molar-refractivity contribution in [3.05, 3.63) is 65.4 Å². The van der Waals surface area contributed by atoms with Gasteiger partial charge in [-0.05, 0) is 68.4 Å². The number of Topliss-reactive ketones (excluding diaryl/α,β-unsaturated/α-hetero) is 1. The van der Waals surface area contributed by atoms with E-state index in [0.717, 1.165) is 53.7 Å². The number of nitrogens with zero attached hydrogens (tertiary/aromatic N) is 3. The molecule has 0 fully saturated rings. The highest BCUT2D eigenvalue weighted by Gasteiger charge is 2.13. The van der Waals surface area contributed by atoms with Gasteiger partial charge in [0, 0.05) is 29.6 Å². The summed E-state index contributed by atoms with van der Waals surface area (Å²) in [7, 11) is 0. The summed E-state index contributed by atoms with van der Waals surface area (Å²) < 4.78 is 2.21. The molecule has 0 unspecified atom stereocenters. The zero-order valence-corrected chi connectivity index (χ0v) is 16.6. The van der Waals surface area contributed by atoms with Crippen LogP contribution in [0.1, 0.15) is 42.4 Å². The number of hydrogen-bond donors (Lipinski definition) is 1. The number of ketones is 1. The standard InChI is InChI=1S/C22H22N4OS/c1-15(27)16-10-12-17(13-11-16)23-22(28)25-21-18-7-4-5-8-19(18)24-20-9-3-2-6-14-26(20)21/h4-5,7-8,10-13H,2-3,6,9,14H2,1H3,(H,23,28)/b25-21+. The zero-order valence-electron chi connectivity index (χ0n) is 15.8. The van der Waals surface area contributed by atoms with Crippen LogP contribution in [0.2, 0.25) is 0 Å². The molecule has 1 N–H and O–H groups in total. The van der Waals surface area contributed by atoms with Gasteiger partial charge in [0.1, 0.15) is 11.3 Å². The lowest BCUT2D eigenvalue weighted by molar-refractivity contribution is 0.101. The second kappa shape index (κ2) is 8.02. The first kappa shape index (κ1) is 18.5. The fraction of sp³-hybridized carbons (Fsp3) is 0.273. The Hall–Kier alpha value is -2.86. The normalized spacial score (nSPS) is 14.4. The summed E-state index contributed by atoms with van der Waals surface area (Å²) in [6.07, 6.45) is 4.42. The van der Waals surface area contributed by atoms with E-state index in [0.29, 0.717) is 10.7 Å². The lowest BCUT2D eigenvalue weighted by Gasteiger charge is -2.13. The summed E-state index contributed by atoms with van der Waals surface area (Å²) in [5.74, 6) is 1.12. The Morgan fingerprint density at radius 2 is 1.89 bits per heavy atom. The van der Waals surface area contributed by atoms with E-state index < -0.39 is 0 Å². The number of rotatable bonds is 2. The number of thiocarbonyl (C=S) groups is 1. The molecule has 2 aromatic carbocycles. The number of fused-ring (bicyclic) bond motifs is 2. The first-order valence-electron chi connectivity index (χ1n) is 9.57. The molecule has 5 nitrogen and oxygen atoms in total. The maximum absolute atomic E-state index is 11.4. The number of nitrogens with one attached hydrogen (secondary N) is 1. The Morgan fingerprint density at radius 3 is 2.68 bits per heavy atom. The number of benzene rings is 2. The molecule has 6 heteroatoms. The molecule has 1 aromatic heterocycles. The van der Waals surface area contributed by atoms with Gasteiger partial charge in [0.2, 0.25) is 0 Å². The van der Waals surface area contributed by atoms with Crippen molar-refractivity contribution < 1.29 is 4.79 Å². The summed E-state index contributed by atoms with van der Waals surface area (Å²) in [6, 6.07) is 15.3. The summed E-state index contributed by atoms with van der Waals surface area (Å²) >= 11 is 5.53. The number of hydrogen-bond acceptors (Lipinski definition) is 3. The molecule has 0 saturated carbocycles. The van der Waals surface area contributed by atoms with Crippen LogP contribution < -0.4 is 10.8 Å². The number of anilines is 1. The smallest absolute Gasteiger partial charge is 0.199 e. The van der Waals surface area contributed by atoms with Gasteiger partial charge in [0.05, 0.1) is 5.52 Å². The van der Waals surface area contributed by atoms with Crippen LogP contribution in [0.25, 0.3) is 10.9 Å². The largest absolute Gasteiger partial charge is 0.331 e. The Morgan fingerprint density at radius 1 is 1.11 bits per heavy atom. The first-order valence-corrected chi connectivity index (χ1v) is 9.98. The quantitative estimate of drug-likeness (QED) is 0.525. The van der Waals surface area contributed by atoms with Gasteiger partial charge in [-0.1, -0.05) is 18.6 Å². The Bertz CT molecular complexity index is 1120. The van der Waals surface area contributed by atoms with Crippen LogP contribution in [-0.2, 0) is 13.0 Å². The van der Waals surface area contributed by atoms with Gasteiger partial charge in [-0.25, -0.2) is 9.98 Å². The molecule has 0 amide bonds. The van der Waals surface area contributed by atoms with E-state index in [1.165, 1.54) is 6.42 Å². The average molecular weight is 391 g/mol. The van der Waals surface area contributed by atoms with Gasteiger partial charge in [0.25, 0.3) is 0 Å². The van der Waals surface area contributed by atoms with E-state index in [2.05, 4.69) is 9.88 Å². The molecule has 0 atom stereocenters. The fourth-order valence-electron chi connectivity index (χ4n) is 3.54. The molecule has 0 saturated heterocycles.